The van der Waals surface area contributed by atoms with Crippen LogP contribution in [0, 0.1) is 6.92 Å². The van der Waals surface area contributed by atoms with Gasteiger partial charge in [0.1, 0.15) is 5.56 Å². The number of benzene rings is 1. The van der Waals surface area contributed by atoms with Gasteiger partial charge in [0.25, 0.3) is 11.5 Å². The van der Waals surface area contributed by atoms with Crippen LogP contribution in [0.5, 0.6) is 0 Å². The number of hydrogen-bond acceptors (Lipinski definition) is 7. The summed E-state index contributed by atoms with van der Waals surface area (Å²) in [6, 6.07) is 7.53. The molecule has 5 N–H and O–H groups in total. The van der Waals surface area contributed by atoms with Crippen molar-refractivity contribution in [2.24, 2.45) is 5.73 Å². The Morgan fingerprint density at radius 3 is 2.85 bits per heavy atom. The molecule has 1 fully saturated rings. The van der Waals surface area contributed by atoms with Gasteiger partial charge in [-0.05, 0) is 24.6 Å². The normalized spacial score (nSPS) is 14.7. The van der Waals surface area contributed by atoms with E-state index in [1.165, 1.54) is 0 Å². The minimum absolute atomic E-state index is 0.130. The van der Waals surface area contributed by atoms with Gasteiger partial charge in [0.2, 0.25) is 5.95 Å². The molecule has 2 aromatic rings. The van der Waals surface area contributed by atoms with Gasteiger partial charge in [-0.15, -0.1) is 0 Å². The Balaban J connectivity index is 1.76. The molecule has 27 heavy (non-hydrogen) atoms. The molecule has 1 aliphatic rings. The van der Waals surface area contributed by atoms with Crippen molar-refractivity contribution in [3.8, 4) is 0 Å². The van der Waals surface area contributed by atoms with E-state index in [0.29, 0.717) is 6.54 Å². The number of nitrogens with zero attached hydrogens (tertiary/aromatic N) is 2. The van der Waals surface area contributed by atoms with Crippen LogP contribution >= 0.6 is 0 Å². The Morgan fingerprint density at radius 2 is 2.15 bits per heavy atom. The van der Waals surface area contributed by atoms with Gasteiger partial charge in [0, 0.05) is 31.9 Å². The molecular weight excluding hydrogens is 348 g/mol. The summed E-state index contributed by atoms with van der Waals surface area (Å²) in [6.45, 7) is 6.57. The zero-order valence-electron chi connectivity index (χ0n) is 15.2. The summed E-state index contributed by atoms with van der Waals surface area (Å²) >= 11 is 0. The van der Waals surface area contributed by atoms with E-state index in [-0.39, 0.29) is 17.3 Å². The fraction of sp³-hybridized carbons (Fsp3) is 0.389. The molecule has 0 spiro atoms. The first-order valence-corrected chi connectivity index (χ1v) is 8.85. The van der Waals surface area contributed by atoms with E-state index in [0.717, 1.165) is 44.1 Å². The highest BCUT2D eigenvalue weighted by Gasteiger charge is 2.17. The summed E-state index contributed by atoms with van der Waals surface area (Å²) in [5, 5.41) is 6.11. The average molecular weight is 372 g/mol. The molecule has 1 aromatic carbocycles. The van der Waals surface area contributed by atoms with E-state index in [1.807, 2.05) is 31.2 Å². The van der Waals surface area contributed by atoms with Gasteiger partial charge in [-0.2, -0.15) is 4.98 Å². The number of morpholine rings is 1. The van der Waals surface area contributed by atoms with Crippen LogP contribution in [-0.4, -0.2) is 60.2 Å². The Hall–Kier alpha value is -2.91. The number of H-pyrrole nitrogens is 1. The van der Waals surface area contributed by atoms with Crippen molar-refractivity contribution in [2.45, 2.75) is 6.92 Å². The summed E-state index contributed by atoms with van der Waals surface area (Å²) < 4.78 is 5.32. The maximum absolute atomic E-state index is 12.3. The number of anilines is 3. The third-order valence-electron chi connectivity index (χ3n) is 4.27. The van der Waals surface area contributed by atoms with Crippen LogP contribution in [-0.2, 0) is 4.74 Å². The van der Waals surface area contributed by atoms with Crippen molar-refractivity contribution < 1.29 is 9.53 Å². The molecule has 0 radical (unpaired) electrons. The fourth-order valence-corrected chi connectivity index (χ4v) is 2.89. The second-order valence-electron chi connectivity index (χ2n) is 6.38. The van der Waals surface area contributed by atoms with Crippen molar-refractivity contribution in [2.75, 3.05) is 50.0 Å². The predicted molar refractivity (Wildman–Crippen MR) is 104 cm³/mol. The topological polar surface area (TPSA) is 125 Å². The van der Waals surface area contributed by atoms with E-state index < -0.39 is 11.5 Å². The monoisotopic (exact) mass is 372 g/mol. The zero-order chi connectivity index (χ0) is 19.2. The lowest BCUT2D eigenvalue weighted by molar-refractivity contribution is 0.0398. The molecule has 1 amide bonds. The first-order chi connectivity index (χ1) is 13.0. The number of aromatic amines is 1. The molecule has 2 heterocycles. The highest BCUT2D eigenvalue weighted by Crippen LogP contribution is 2.18. The second-order valence-corrected chi connectivity index (χ2v) is 6.38. The van der Waals surface area contributed by atoms with Crippen LogP contribution in [0.15, 0.2) is 29.1 Å². The third kappa shape index (κ3) is 5.05. The quantitative estimate of drug-likeness (QED) is 0.563. The second kappa shape index (κ2) is 8.65. The molecule has 0 unspecified atom stereocenters. The summed E-state index contributed by atoms with van der Waals surface area (Å²) in [5.74, 6) is -0.419. The number of nitrogens with two attached hydrogens (primary N) is 1. The van der Waals surface area contributed by atoms with Crippen LogP contribution in [0.1, 0.15) is 15.9 Å². The van der Waals surface area contributed by atoms with Crippen LogP contribution in [0.25, 0.3) is 0 Å². The van der Waals surface area contributed by atoms with Gasteiger partial charge in [-0.3, -0.25) is 19.5 Å². The van der Waals surface area contributed by atoms with Crippen LogP contribution in [0.4, 0.5) is 17.5 Å². The molecule has 9 nitrogen and oxygen atoms in total. The number of carbonyl (C=O) groups excluding carboxylic acids is 1. The molecule has 0 bridgehead atoms. The number of ether oxygens (including phenoxy) is 1. The number of amides is 1. The molecule has 0 atom stereocenters. The van der Waals surface area contributed by atoms with E-state index in [4.69, 9.17) is 10.5 Å². The van der Waals surface area contributed by atoms with Crippen molar-refractivity contribution in [1.29, 1.82) is 0 Å². The predicted octanol–water partition coefficient (Wildman–Crippen LogP) is 0.665. The minimum atomic E-state index is -0.834. The maximum Gasteiger partial charge on any atom is 0.267 e. The third-order valence-corrected chi connectivity index (χ3v) is 4.27. The van der Waals surface area contributed by atoms with Crippen molar-refractivity contribution in [3.63, 3.8) is 0 Å². The Bertz CT molecular complexity index is 860. The Morgan fingerprint density at radius 1 is 1.37 bits per heavy atom. The Kier molecular flexibility index (Phi) is 6.05. The van der Waals surface area contributed by atoms with Gasteiger partial charge < -0.3 is 21.1 Å². The van der Waals surface area contributed by atoms with E-state index in [2.05, 4.69) is 25.5 Å². The highest BCUT2D eigenvalue weighted by molar-refractivity contribution is 5.98. The van der Waals surface area contributed by atoms with Gasteiger partial charge >= 0.3 is 0 Å². The zero-order valence-corrected chi connectivity index (χ0v) is 15.2. The highest BCUT2D eigenvalue weighted by atomic mass is 16.5. The van der Waals surface area contributed by atoms with Crippen LogP contribution in [0.2, 0.25) is 0 Å². The number of carbonyl (C=O) groups is 1. The molecule has 9 heteroatoms. The van der Waals surface area contributed by atoms with Crippen molar-refractivity contribution in [3.05, 3.63) is 45.7 Å². The first kappa shape index (κ1) is 18.9. The molecular formula is C18H24N6O3. The lowest BCUT2D eigenvalue weighted by Gasteiger charge is -2.26. The standard InChI is InChI=1S/C18H24N6O3/c1-12-3-2-4-13(11-12)21-16-14(15(19)25)17(26)23-18(22-16)20-5-6-24-7-9-27-10-8-24/h2-4,11H,5-10H2,1H3,(H2,19,25)(H3,20,21,22,23,26). The molecule has 1 aliphatic heterocycles. The largest absolute Gasteiger partial charge is 0.379 e. The number of aryl methyl sites for hydroxylation is 1. The Labute approximate surface area is 156 Å². The SMILES string of the molecule is Cc1cccc(Nc2nc(NCCN3CCOCC3)[nH]c(=O)c2C(N)=O)c1. The van der Waals surface area contributed by atoms with Crippen LogP contribution < -0.4 is 21.9 Å². The molecule has 3 rings (SSSR count). The van der Waals surface area contributed by atoms with Crippen molar-refractivity contribution in [1.82, 2.24) is 14.9 Å². The first-order valence-electron chi connectivity index (χ1n) is 8.85. The number of aromatic nitrogens is 2. The maximum atomic E-state index is 12.3. The molecule has 0 aliphatic carbocycles. The number of nitrogens with one attached hydrogen (secondary N) is 3. The summed E-state index contributed by atoms with van der Waals surface area (Å²) in [6.07, 6.45) is 0. The fourth-order valence-electron chi connectivity index (χ4n) is 2.89. The minimum Gasteiger partial charge on any atom is -0.379 e. The summed E-state index contributed by atoms with van der Waals surface area (Å²) in [7, 11) is 0. The summed E-state index contributed by atoms with van der Waals surface area (Å²) in [5.41, 5.74) is 6.34. The number of primary amides is 1. The van der Waals surface area contributed by atoms with E-state index in [1.54, 1.807) is 0 Å². The number of rotatable bonds is 7. The van der Waals surface area contributed by atoms with Crippen LogP contribution in [0.3, 0.4) is 0 Å². The van der Waals surface area contributed by atoms with Gasteiger partial charge in [-0.1, -0.05) is 12.1 Å². The van der Waals surface area contributed by atoms with E-state index in [9.17, 15) is 9.59 Å². The van der Waals surface area contributed by atoms with Gasteiger partial charge in [0.05, 0.1) is 13.2 Å². The summed E-state index contributed by atoms with van der Waals surface area (Å²) in [4.78, 5) is 33.2. The number of hydrogen-bond donors (Lipinski definition) is 4. The smallest absolute Gasteiger partial charge is 0.267 e. The molecule has 144 valence electrons. The molecule has 1 saturated heterocycles. The molecule has 0 saturated carbocycles. The lowest BCUT2D eigenvalue weighted by atomic mass is 10.2. The van der Waals surface area contributed by atoms with Crippen molar-refractivity contribution >= 4 is 23.4 Å². The average Bonchev–Trinajstić information content (AvgIpc) is 2.62. The lowest BCUT2D eigenvalue weighted by Crippen LogP contribution is -2.39. The van der Waals surface area contributed by atoms with E-state index >= 15 is 0 Å². The van der Waals surface area contributed by atoms with Gasteiger partial charge in [0.15, 0.2) is 5.82 Å². The van der Waals surface area contributed by atoms with Gasteiger partial charge in [-0.25, -0.2) is 0 Å². The molecule has 1 aromatic heterocycles.